The number of rotatable bonds is 8. The molecular formula is C19H20N4O4. The Morgan fingerprint density at radius 1 is 1.22 bits per heavy atom. The van der Waals surface area contributed by atoms with Crippen LogP contribution in [-0.4, -0.2) is 48.7 Å². The summed E-state index contributed by atoms with van der Waals surface area (Å²) in [5.41, 5.74) is 1.49. The zero-order valence-corrected chi connectivity index (χ0v) is 14.8. The van der Waals surface area contributed by atoms with Crippen LogP contribution in [0.15, 0.2) is 48.8 Å². The molecule has 8 heteroatoms. The van der Waals surface area contributed by atoms with E-state index in [9.17, 15) is 9.59 Å². The second-order valence-electron chi connectivity index (χ2n) is 5.72. The van der Waals surface area contributed by atoms with Crippen LogP contribution in [-0.2, 0) is 9.53 Å². The van der Waals surface area contributed by atoms with Gasteiger partial charge in [-0.05, 0) is 18.2 Å². The van der Waals surface area contributed by atoms with Crippen LogP contribution in [0, 0.1) is 0 Å². The molecule has 3 N–H and O–H groups in total. The maximum Gasteiger partial charge on any atom is 0.262 e. The molecule has 140 valence electrons. The maximum atomic E-state index is 12.3. The van der Waals surface area contributed by atoms with Crippen LogP contribution >= 0.6 is 0 Å². The van der Waals surface area contributed by atoms with E-state index in [0.717, 1.165) is 0 Å². The molecule has 0 aliphatic heterocycles. The first-order valence-corrected chi connectivity index (χ1v) is 8.39. The first-order valence-electron chi connectivity index (χ1n) is 8.39. The molecule has 0 radical (unpaired) electrons. The van der Waals surface area contributed by atoms with Crippen molar-refractivity contribution in [3.05, 3.63) is 54.4 Å². The second kappa shape index (κ2) is 8.81. The molecule has 0 aliphatic carbocycles. The number of benzene rings is 1. The van der Waals surface area contributed by atoms with Gasteiger partial charge in [0.15, 0.2) is 6.61 Å². The Morgan fingerprint density at radius 3 is 2.81 bits per heavy atom. The number of para-hydroxylation sites is 1. The van der Waals surface area contributed by atoms with Gasteiger partial charge < -0.3 is 25.1 Å². The lowest BCUT2D eigenvalue weighted by molar-refractivity contribution is -0.118. The minimum atomic E-state index is -0.318. The number of methoxy groups -OCH3 is 1. The molecule has 2 amide bonds. The molecule has 2 heterocycles. The number of amides is 2. The largest absolute Gasteiger partial charge is 0.484 e. The molecule has 0 fully saturated rings. The lowest BCUT2D eigenvalue weighted by Gasteiger charge is -2.08. The van der Waals surface area contributed by atoms with Crippen LogP contribution in [0.1, 0.15) is 10.4 Å². The molecule has 3 rings (SSSR count). The van der Waals surface area contributed by atoms with Gasteiger partial charge in [0.25, 0.3) is 11.8 Å². The van der Waals surface area contributed by atoms with E-state index in [-0.39, 0.29) is 18.4 Å². The molecular weight excluding hydrogens is 348 g/mol. The molecule has 3 aromatic rings. The van der Waals surface area contributed by atoms with E-state index in [1.54, 1.807) is 31.5 Å². The number of H-pyrrole nitrogens is 1. The summed E-state index contributed by atoms with van der Waals surface area (Å²) in [5.74, 6) is 0.0551. The first kappa shape index (κ1) is 18.4. The van der Waals surface area contributed by atoms with Crippen molar-refractivity contribution in [3.63, 3.8) is 0 Å². The molecule has 0 bridgehead atoms. The number of hydrogen-bond donors (Lipinski definition) is 3. The molecule has 0 aliphatic rings. The summed E-state index contributed by atoms with van der Waals surface area (Å²) in [4.78, 5) is 31.5. The summed E-state index contributed by atoms with van der Waals surface area (Å²) in [7, 11) is 1.57. The lowest BCUT2D eigenvalue weighted by atomic mass is 10.2. The Morgan fingerprint density at radius 2 is 2.04 bits per heavy atom. The Labute approximate surface area is 155 Å². The normalized spacial score (nSPS) is 10.6. The summed E-state index contributed by atoms with van der Waals surface area (Å²) in [6.07, 6.45) is 3.11. The number of aromatic amines is 1. The van der Waals surface area contributed by atoms with Crippen LogP contribution < -0.4 is 15.4 Å². The molecule has 0 unspecified atom stereocenters. The highest BCUT2D eigenvalue weighted by atomic mass is 16.5. The molecule has 27 heavy (non-hydrogen) atoms. The third kappa shape index (κ3) is 4.83. The van der Waals surface area contributed by atoms with Crippen molar-refractivity contribution in [2.24, 2.45) is 0 Å². The van der Waals surface area contributed by atoms with Crippen LogP contribution in [0.4, 0.5) is 5.69 Å². The van der Waals surface area contributed by atoms with Gasteiger partial charge in [0.1, 0.15) is 11.4 Å². The molecule has 2 aromatic heterocycles. The van der Waals surface area contributed by atoms with E-state index < -0.39 is 0 Å². The molecule has 0 atom stereocenters. The van der Waals surface area contributed by atoms with E-state index >= 15 is 0 Å². The van der Waals surface area contributed by atoms with E-state index in [1.807, 2.05) is 18.2 Å². The number of fused-ring (bicyclic) bond motifs is 1. The van der Waals surface area contributed by atoms with Gasteiger partial charge in [0, 0.05) is 25.2 Å². The van der Waals surface area contributed by atoms with Crippen LogP contribution in [0.25, 0.3) is 11.0 Å². The minimum absolute atomic E-state index is 0.125. The van der Waals surface area contributed by atoms with Crippen molar-refractivity contribution in [1.82, 2.24) is 15.3 Å². The number of ether oxygens (including phenoxy) is 2. The average Bonchev–Trinajstić information content (AvgIpc) is 3.11. The fraction of sp³-hybridized carbons (Fsp3) is 0.211. The Kier molecular flexibility index (Phi) is 6.01. The van der Waals surface area contributed by atoms with Crippen molar-refractivity contribution in [3.8, 4) is 5.75 Å². The average molecular weight is 368 g/mol. The summed E-state index contributed by atoms with van der Waals surface area (Å²) in [5, 5.41) is 6.10. The quantitative estimate of drug-likeness (QED) is 0.527. The number of anilines is 1. The minimum Gasteiger partial charge on any atom is -0.484 e. The van der Waals surface area contributed by atoms with E-state index in [0.29, 0.717) is 41.2 Å². The fourth-order valence-corrected chi connectivity index (χ4v) is 2.48. The van der Waals surface area contributed by atoms with Gasteiger partial charge in [0.05, 0.1) is 24.1 Å². The van der Waals surface area contributed by atoms with E-state index in [4.69, 9.17) is 9.47 Å². The highest BCUT2D eigenvalue weighted by molar-refractivity contribution is 6.07. The van der Waals surface area contributed by atoms with Gasteiger partial charge in [-0.2, -0.15) is 0 Å². The predicted molar refractivity (Wildman–Crippen MR) is 101 cm³/mol. The first-order chi connectivity index (χ1) is 13.2. The smallest absolute Gasteiger partial charge is 0.262 e. The third-order valence-corrected chi connectivity index (χ3v) is 3.76. The van der Waals surface area contributed by atoms with Gasteiger partial charge in [-0.25, -0.2) is 4.98 Å². The second-order valence-corrected chi connectivity index (χ2v) is 5.72. The highest BCUT2D eigenvalue weighted by Gasteiger charge is 2.14. The number of hydrogen-bond acceptors (Lipinski definition) is 5. The van der Waals surface area contributed by atoms with Crippen LogP contribution in [0.3, 0.4) is 0 Å². The standard InChI is InChI=1S/C19H20N4O4/c1-26-8-7-20-19(25)16-11-22-18-15(16)9-13(10-21-18)23-17(24)12-27-14-5-3-2-4-6-14/h2-6,9-11H,7-8,12H2,1H3,(H,20,25)(H,21,22)(H,23,24). The zero-order valence-electron chi connectivity index (χ0n) is 14.8. The van der Waals surface area contributed by atoms with Crippen LogP contribution in [0.2, 0.25) is 0 Å². The lowest BCUT2D eigenvalue weighted by Crippen LogP contribution is -2.26. The van der Waals surface area contributed by atoms with E-state index in [2.05, 4.69) is 20.6 Å². The predicted octanol–water partition coefficient (Wildman–Crippen LogP) is 1.96. The summed E-state index contributed by atoms with van der Waals surface area (Å²) < 4.78 is 10.3. The molecule has 8 nitrogen and oxygen atoms in total. The maximum absolute atomic E-state index is 12.3. The summed E-state index contributed by atoms with van der Waals surface area (Å²) in [6, 6.07) is 10.8. The number of pyridine rings is 1. The van der Waals surface area contributed by atoms with Crippen molar-refractivity contribution in [1.29, 1.82) is 0 Å². The van der Waals surface area contributed by atoms with Crippen molar-refractivity contribution in [2.45, 2.75) is 0 Å². The van der Waals surface area contributed by atoms with Gasteiger partial charge in [-0.1, -0.05) is 18.2 Å². The summed E-state index contributed by atoms with van der Waals surface area (Å²) in [6.45, 7) is 0.706. The van der Waals surface area contributed by atoms with Gasteiger partial charge in [-0.15, -0.1) is 0 Å². The molecule has 0 saturated carbocycles. The van der Waals surface area contributed by atoms with Crippen molar-refractivity contribution in [2.75, 3.05) is 32.2 Å². The third-order valence-electron chi connectivity index (χ3n) is 3.76. The molecule has 1 aromatic carbocycles. The van der Waals surface area contributed by atoms with Gasteiger partial charge >= 0.3 is 0 Å². The number of nitrogens with one attached hydrogen (secondary N) is 3. The van der Waals surface area contributed by atoms with Gasteiger partial charge in [0.2, 0.25) is 0 Å². The number of nitrogens with zero attached hydrogens (tertiary/aromatic N) is 1. The topological polar surface area (TPSA) is 105 Å². The number of carbonyl (C=O) groups is 2. The van der Waals surface area contributed by atoms with Crippen LogP contribution in [0.5, 0.6) is 5.75 Å². The number of carbonyl (C=O) groups excluding carboxylic acids is 2. The fourth-order valence-electron chi connectivity index (χ4n) is 2.48. The van der Waals surface area contributed by atoms with Crippen molar-refractivity contribution < 1.29 is 19.1 Å². The molecule has 0 spiro atoms. The molecule has 0 saturated heterocycles. The Balaban J connectivity index is 1.65. The van der Waals surface area contributed by atoms with Gasteiger partial charge in [-0.3, -0.25) is 9.59 Å². The van der Waals surface area contributed by atoms with E-state index in [1.165, 1.54) is 6.20 Å². The highest BCUT2D eigenvalue weighted by Crippen LogP contribution is 2.20. The zero-order chi connectivity index (χ0) is 19.1. The van der Waals surface area contributed by atoms with Crippen molar-refractivity contribution >= 4 is 28.5 Å². The Hall–Kier alpha value is -3.39. The summed E-state index contributed by atoms with van der Waals surface area (Å²) >= 11 is 0. The SMILES string of the molecule is COCCNC(=O)c1c[nH]c2ncc(NC(=O)COc3ccccc3)cc12. The Bertz CT molecular complexity index is 924. The monoisotopic (exact) mass is 368 g/mol. The number of aromatic nitrogens is 2.